The highest BCUT2D eigenvalue weighted by molar-refractivity contribution is 5.77. The predicted octanol–water partition coefficient (Wildman–Crippen LogP) is 7.21. The summed E-state index contributed by atoms with van der Waals surface area (Å²) in [5.74, 6) is 0.744. The second kappa shape index (κ2) is 8.30. The number of hydrogen-bond acceptors (Lipinski definition) is 2. The van der Waals surface area contributed by atoms with Crippen molar-refractivity contribution >= 4 is 5.57 Å². The van der Waals surface area contributed by atoms with E-state index in [1.807, 2.05) is 36.4 Å². The molecule has 0 saturated carbocycles. The van der Waals surface area contributed by atoms with Crippen molar-refractivity contribution in [1.82, 2.24) is 9.97 Å². The summed E-state index contributed by atoms with van der Waals surface area (Å²) < 4.78 is 0. The van der Waals surface area contributed by atoms with Gasteiger partial charge in [0.2, 0.25) is 0 Å². The average molecular weight is 386 g/mol. The number of allylic oxidation sites excluding steroid dienone is 4. The van der Waals surface area contributed by atoms with Crippen molar-refractivity contribution < 1.29 is 0 Å². The van der Waals surface area contributed by atoms with Crippen molar-refractivity contribution in [1.29, 1.82) is 0 Å². The van der Waals surface area contributed by atoms with Crippen LogP contribution < -0.4 is 0 Å². The second-order valence-electron chi connectivity index (χ2n) is 7.41. The predicted molar refractivity (Wildman–Crippen MR) is 125 cm³/mol. The van der Waals surface area contributed by atoms with Gasteiger partial charge in [0.05, 0.1) is 11.4 Å². The van der Waals surface area contributed by atoms with Crippen LogP contribution in [0.15, 0.2) is 109 Å². The smallest absolute Gasteiger partial charge is 0.160 e. The first-order valence-electron chi connectivity index (χ1n) is 10.3. The van der Waals surface area contributed by atoms with Crippen LogP contribution in [0.3, 0.4) is 0 Å². The van der Waals surface area contributed by atoms with E-state index in [9.17, 15) is 0 Å². The molecule has 0 saturated heterocycles. The third-order valence-electron chi connectivity index (χ3n) is 5.34. The number of hydrogen-bond donors (Lipinski definition) is 0. The zero-order chi connectivity index (χ0) is 20.2. The van der Waals surface area contributed by atoms with Gasteiger partial charge >= 0.3 is 0 Å². The van der Waals surface area contributed by atoms with E-state index in [-0.39, 0.29) is 0 Å². The minimum absolute atomic E-state index is 0.744. The molecule has 0 aliphatic heterocycles. The maximum atomic E-state index is 4.90. The first-order valence-corrected chi connectivity index (χ1v) is 10.3. The number of rotatable bonds is 4. The van der Waals surface area contributed by atoms with Gasteiger partial charge in [0.15, 0.2) is 5.82 Å². The highest BCUT2D eigenvalue weighted by Crippen LogP contribution is 2.29. The summed E-state index contributed by atoms with van der Waals surface area (Å²) >= 11 is 0. The van der Waals surface area contributed by atoms with Gasteiger partial charge in [0.25, 0.3) is 0 Å². The van der Waals surface area contributed by atoms with E-state index in [1.165, 1.54) is 11.1 Å². The van der Waals surface area contributed by atoms with Gasteiger partial charge in [-0.15, -0.1) is 0 Å². The summed E-state index contributed by atoms with van der Waals surface area (Å²) in [6, 6.07) is 31.2. The van der Waals surface area contributed by atoms with Crippen molar-refractivity contribution in [3.63, 3.8) is 0 Å². The second-order valence-corrected chi connectivity index (χ2v) is 7.41. The van der Waals surface area contributed by atoms with Crippen LogP contribution in [0, 0.1) is 0 Å². The van der Waals surface area contributed by atoms with Crippen LogP contribution in [0.4, 0.5) is 0 Å². The van der Waals surface area contributed by atoms with Crippen molar-refractivity contribution in [3.8, 4) is 33.9 Å². The van der Waals surface area contributed by atoms with E-state index in [2.05, 4.69) is 72.8 Å². The van der Waals surface area contributed by atoms with E-state index >= 15 is 0 Å². The lowest BCUT2D eigenvalue weighted by Crippen LogP contribution is -1.96. The van der Waals surface area contributed by atoms with Gasteiger partial charge in [0.1, 0.15) is 0 Å². The molecule has 1 aromatic heterocycles. The molecule has 30 heavy (non-hydrogen) atoms. The van der Waals surface area contributed by atoms with E-state index in [4.69, 9.17) is 9.97 Å². The minimum Gasteiger partial charge on any atom is -0.228 e. The SMILES string of the molecule is C1=CC(c2ccc(-c3cc(-c4ccccc4)nc(-c4ccccc4)n3)cc2)=CCC1. The minimum atomic E-state index is 0.744. The maximum Gasteiger partial charge on any atom is 0.160 e. The van der Waals surface area contributed by atoms with Crippen LogP contribution in [0.2, 0.25) is 0 Å². The molecule has 1 aliphatic rings. The first-order chi connectivity index (χ1) is 14.9. The van der Waals surface area contributed by atoms with Crippen molar-refractivity contribution in [2.45, 2.75) is 12.8 Å². The lowest BCUT2D eigenvalue weighted by Gasteiger charge is -2.11. The molecule has 2 heteroatoms. The van der Waals surface area contributed by atoms with E-state index in [0.29, 0.717) is 0 Å². The van der Waals surface area contributed by atoms with Crippen molar-refractivity contribution in [3.05, 3.63) is 115 Å². The Bertz CT molecular complexity index is 1150. The fraction of sp³-hybridized carbons (Fsp3) is 0.0714. The molecule has 0 radical (unpaired) electrons. The standard InChI is InChI=1S/C28H22N2/c1-4-10-21(11-5-1)22-16-18-24(19-17-22)27-20-26(23-12-6-2-7-13-23)29-28(30-27)25-14-8-3-9-15-25/h2-4,6-20H,1,5H2. The topological polar surface area (TPSA) is 25.8 Å². The summed E-state index contributed by atoms with van der Waals surface area (Å²) in [4.78, 5) is 9.76. The molecule has 5 rings (SSSR count). The molecule has 1 heterocycles. The Morgan fingerprint density at radius 1 is 0.533 bits per heavy atom. The Hall–Kier alpha value is -3.78. The van der Waals surface area contributed by atoms with Gasteiger partial charge in [-0.2, -0.15) is 0 Å². The van der Waals surface area contributed by atoms with Gasteiger partial charge < -0.3 is 0 Å². The molecule has 0 bridgehead atoms. The molecular formula is C28H22N2. The van der Waals surface area contributed by atoms with Gasteiger partial charge in [-0.3, -0.25) is 0 Å². The largest absolute Gasteiger partial charge is 0.228 e. The molecule has 0 spiro atoms. The molecule has 0 N–H and O–H groups in total. The lowest BCUT2D eigenvalue weighted by atomic mass is 9.98. The maximum absolute atomic E-state index is 4.90. The fourth-order valence-electron chi connectivity index (χ4n) is 3.73. The summed E-state index contributed by atoms with van der Waals surface area (Å²) in [6.07, 6.45) is 9.00. The Morgan fingerprint density at radius 3 is 1.70 bits per heavy atom. The van der Waals surface area contributed by atoms with Gasteiger partial charge in [0, 0.05) is 16.7 Å². The van der Waals surface area contributed by atoms with Crippen molar-refractivity contribution in [2.75, 3.05) is 0 Å². The summed E-state index contributed by atoms with van der Waals surface area (Å²) in [6.45, 7) is 0. The van der Waals surface area contributed by atoms with Crippen LogP contribution in [0.1, 0.15) is 18.4 Å². The molecular weight excluding hydrogens is 364 g/mol. The molecule has 0 unspecified atom stereocenters. The molecule has 0 atom stereocenters. The van der Waals surface area contributed by atoms with Crippen molar-refractivity contribution in [2.24, 2.45) is 0 Å². The van der Waals surface area contributed by atoms with Crippen LogP contribution in [0.5, 0.6) is 0 Å². The van der Waals surface area contributed by atoms with Crippen LogP contribution >= 0.6 is 0 Å². The fourth-order valence-corrected chi connectivity index (χ4v) is 3.73. The molecule has 1 aliphatic carbocycles. The van der Waals surface area contributed by atoms with Crippen LogP contribution in [-0.2, 0) is 0 Å². The number of aromatic nitrogens is 2. The Labute approximate surface area is 177 Å². The Kier molecular flexibility index (Phi) is 5.05. The number of nitrogens with zero attached hydrogens (tertiary/aromatic N) is 2. The lowest BCUT2D eigenvalue weighted by molar-refractivity contribution is 1.04. The highest BCUT2D eigenvalue weighted by atomic mass is 14.9. The Morgan fingerprint density at radius 2 is 1.10 bits per heavy atom. The zero-order valence-corrected chi connectivity index (χ0v) is 16.7. The van der Waals surface area contributed by atoms with Gasteiger partial charge in [-0.1, -0.05) is 103 Å². The third-order valence-corrected chi connectivity index (χ3v) is 5.34. The Balaban J connectivity index is 1.59. The average Bonchev–Trinajstić information content (AvgIpc) is 2.85. The van der Waals surface area contributed by atoms with E-state index in [1.54, 1.807) is 0 Å². The number of benzene rings is 3. The highest BCUT2D eigenvalue weighted by Gasteiger charge is 2.11. The first kappa shape index (κ1) is 18.3. The monoisotopic (exact) mass is 386 g/mol. The van der Waals surface area contributed by atoms with Gasteiger partial charge in [-0.05, 0) is 30.0 Å². The van der Waals surface area contributed by atoms with E-state index < -0.39 is 0 Å². The zero-order valence-electron chi connectivity index (χ0n) is 16.7. The summed E-state index contributed by atoms with van der Waals surface area (Å²) in [5.41, 5.74) is 7.61. The van der Waals surface area contributed by atoms with Crippen LogP contribution in [0.25, 0.3) is 39.5 Å². The molecule has 144 valence electrons. The third kappa shape index (κ3) is 3.85. The summed E-state index contributed by atoms with van der Waals surface area (Å²) in [5, 5.41) is 0. The van der Waals surface area contributed by atoms with Gasteiger partial charge in [-0.25, -0.2) is 9.97 Å². The molecule has 3 aromatic carbocycles. The molecule has 0 amide bonds. The van der Waals surface area contributed by atoms with Crippen LogP contribution in [-0.4, -0.2) is 9.97 Å². The summed E-state index contributed by atoms with van der Waals surface area (Å²) in [7, 11) is 0. The molecule has 2 nitrogen and oxygen atoms in total. The normalized spacial score (nSPS) is 13.1. The molecule has 0 fully saturated rings. The van der Waals surface area contributed by atoms with E-state index in [0.717, 1.165) is 46.7 Å². The quantitative estimate of drug-likeness (QED) is 0.370. The molecule has 4 aromatic rings.